The second kappa shape index (κ2) is 8.69. The lowest BCUT2D eigenvalue weighted by Gasteiger charge is -2.33. The summed E-state index contributed by atoms with van der Waals surface area (Å²) in [6, 6.07) is 9.50. The number of ether oxygens (including phenoxy) is 2. The number of carbonyl (C=O) groups excluding carboxylic acids is 1. The molecule has 1 aliphatic heterocycles. The van der Waals surface area contributed by atoms with E-state index in [4.69, 9.17) is 9.47 Å². The van der Waals surface area contributed by atoms with Crippen molar-refractivity contribution in [3.05, 3.63) is 59.7 Å². The number of carbonyl (C=O) groups is 1. The average Bonchev–Trinajstić information content (AvgIpc) is 2.68. The lowest BCUT2D eigenvalue weighted by Crippen LogP contribution is -2.45. The zero-order chi connectivity index (χ0) is 17.5. The number of hydrogen-bond acceptors (Lipinski definition) is 5. The lowest BCUT2D eigenvalue weighted by molar-refractivity contribution is -0.0246. The first-order chi connectivity index (χ1) is 12.3. The van der Waals surface area contributed by atoms with E-state index in [1.54, 1.807) is 19.6 Å². The normalized spacial score (nSPS) is 17.5. The van der Waals surface area contributed by atoms with Crippen molar-refractivity contribution in [2.24, 2.45) is 0 Å². The van der Waals surface area contributed by atoms with E-state index in [-0.39, 0.29) is 12.0 Å². The predicted molar refractivity (Wildman–Crippen MR) is 93.2 cm³/mol. The molecule has 1 unspecified atom stereocenters. The molecule has 1 amide bonds. The van der Waals surface area contributed by atoms with E-state index in [9.17, 15) is 4.79 Å². The quantitative estimate of drug-likeness (QED) is 0.805. The molecule has 2 heterocycles. The number of nitrogens with zero attached hydrogens (tertiary/aromatic N) is 3. The van der Waals surface area contributed by atoms with Crippen LogP contribution in [0.25, 0.3) is 0 Å². The molecule has 1 aromatic carbocycles. The van der Waals surface area contributed by atoms with Crippen LogP contribution < -0.4 is 0 Å². The van der Waals surface area contributed by atoms with Gasteiger partial charge in [-0.1, -0.05) is 12.1 Å². The largest absolute Gasteiger partial charge is 0.380 e. The minimum Gasteiger partial charge on any atom is -0.380 e. The van der Waals surface area contributed by atoms with Crippen LogP contribution in [0.2, 0.25) is 0 Å². The Labute approximate surface area is 147 Å². The Morgan fingerprint density at radius 3 is 2.88 bits per heavy atom. The topological polar surface area (TPSA) is 64.5 Å². The number of aryl methyl sites for hydroxylation is 1. The van der Waals surface area contributed by atoms with Crippen LogP contribution >= 0.6 is 0 Å². The van der Waals surface area contributed by atoms with Crippen LogP contribution in [0.3, 0.4) is 0 Å². The van der Waals surface area contributed by atoms with Crippen molar-refractivity contribution in [3.8, 4) is 0 Å². The molecule has 6 heteroatoms. The Kier molecular flexibility index (Phi) is 6.09. The second-order valence-electron chi connectivity index (χ2n) is 6.11. The van der Waals surface area contributed by atoms with Crippen LogP contribution in [0.1, 0.15) is 28.0 Å². The van der Waals surface area contributed by atoms with Gasteiger partial charge >= 0.3 is 0 Å². The highest BCUT2D eigenvalue weighted by molar-refractivity contribution is 5.94. The minimum atomic E-state index is 0.0421. The van der Waals surface area contributed by atoms with Crippen LogP contribution in [0.5, 0.6) is 0 Å². The standard InChI is InChI=1S/C19H23N3O3/c1-24-13-15-2-4-16(5-3-15)19(23)22-10-11-25-18(12-22)7-6-17-8-9-20-14-21-17/h2-5,8-9,14,18H,6-7,10-13H2,1H3. The molecular formula is C19H23N3O3. The zero-order valence-corrected chi connectivity index (χ0v) is 14.4. The van der Waals surface area contributed by atoms with Crippen LogP contribution in [-0.2, 0) is 22.5 Å². The summed E-state index contributed by atoms with van der Waals surface area (Å²) in [5.41, 5.74) is 2.76. The molecule has 1 saturated heterocycles. The van der Waals surface area contributed by atoms with Gasteiger partial charge < -0.3 is 14.4 Å². The molecule has 132 valence electrons. The molecule has 0 radical (unpaired) electrons. The second-order valence-corrected chi connectivity index (χ2v) is 6.11. The van der Waals surface area contributed by atoms with E-state index >= 15 is 0 Å². The summed E-state index contributed by atoms with van der Waals surface area (Å²) in [6.07, 6.45) is 5.00. The summed E-state index contributed by atoms with van der Waals surface area (Å²) < 4.78 is 10.9. The molecule has 0 bridgehead atoms. The maximum atomic E-state index is 12.7. The third-order valence-electron chi connectivity index (χ3n) is 4.30. The molecule has 25 heavy (non-hydrogen) atoms. The summed E-state index contributed by atoms with van der Waals surface area (Å²) in [5.74, 6) is 0.0549. The fourth-order valence-corrected chi connectivity index (χ4v) is 2.95. The number of morpholine rings is 1. The Morgan fingerprint density at radius 2 is 2.16 bits per heavy atom. The Morgan fingerprint density at radius 1 is 1.32 bits per heavy atom. The third kappa shape index (κ3) is 4.84. The van der Waals surface area contributed by atoms with E-state index in [2.05, 4.69) is 9.97 Å². The minimum absolute atomic E-state index is 0.0421. The summed E-state index contributed by atoms with van der Waals surface area (Å²) in [5, 5.41) is 0. The van der Waals surface area contributed by atoms with Gasteiger partial charge in [0.1, 0.15) is 6.33 Å². The monoisotopic (exact) mass is 341 g/mol. The first-order valence-electron chi connectivity index (χ1n) is 8.50. The van der Waals surface area contributed by atoms with Crippen molar-refractivity contribution in [2.75, 3.05) is 26.8 Å². The van der Waals surface area contributed by atoms with E-state index < -0.39 is 0 Å². The third-order valence-corrected chi connectivity index (χ3v) is 4.30. The molecule has 0 spiro atoms. The van der Waals surface area contributed by atoms with E-state index in [1.165, 1.54) is 0 Å². The maximum Gasteiger partial charge on any atom is 0.254 e. The smallest absolute Gasteiger partial charge is 0.254 e. The first kappa shape index (κ1) is 17.5. The van der Waals surface area contributed by atoms with Crippen LogP contribution in [0.4, 0.5) is 0 Å². The molecule has 0 aliphatic carbocycles. The Bertz CT molecular complexity index is 676. The average molecular weight is 341 g/mol. The van der Waals surface area contributed by atoms with Gasteiger partial charge in [0.05, 0.1) is 19.3 Å². The van der Waals surface area contributed by atoms with Gasteiger partial charge in [-0.2, -0.15) is 0 Å². The molecule has 1 aliphatic rings. The number of aromatic nitrogens is 2. The van der Waals surface area contributed by atoms with Gasteiger partial charge in [0.15, 0.2) is 0 Å². The molecule has 0 saturated carbocycles. The fraction of sp³-hybridized carbons (Fsp3) is 0.421. The molecule has 1 aromatic heterocycles. The Balaban J connectivity index is 1.55. The molecule has 1 fully saturated rings. The maximum absolute atomic E-state index is 12.7. The van der Waals surface area contributed by atoms with Gasteiger partial charge in [0, 0.05) is 37.7 Å². The highest BCUT2D eigenvalue weighted by atomic mass is 16.5. The highest BCUT2D eigenvalue weighted by Gasteiger charge is 2.25. The highest BCUT2D eigenvalue weighted by Crippen LogP contribution is 2.15. The van der Waals surface area contributed by atoms with Crippen LogP contribution in [0.15, 0.2) is 42.9 Å². The van der Waals surface area contributed by atoms with Gasteiger partial charge in [-0.05, 0) is 36.6 Å². The van der Waals surface area contributed by atoms with Crippen LogP contribution in [0, 0.1) is 0 Å². The van der Waals surface area contributed by atoms with Crippen molar-refractivity contribution >= 4 is 5.91 Å². The van der Waals surface area contributed by atoms with Crippen molar-refractivity contribution in [2.45, 2.75) is 25.6 Å². The van der Waals surface area contributed by atoms with E-state index in [0.717, 1.165) is 24.1 Å². The molecule has 3 rings (SSSR count). The van der Waals surface area contributed by atoms with E-state index in [0.29, 0.717) is 31.9 Å². The zero-order valence-electron chi connectivity index (χ0n) is 14.4. The molecule has 0 N–H and O–H groups in total. The van der Waals surface area contributed by atoms with Crippen molar-refractivity contribution in [1.29, 1.82) is 0 Å². The molecule has 6 nitrogen and oxygen atoms in total. The number of rotatable bonds is 6. The summed E-state index contributed by atoms with van der Waals surface area (Å²) in [7, 11) is 1.66. The number of benzene rings is 1. The molecule has 2 aromatic rings. The van der Waals surface area contributed by atoms with Gasteiger partial charge in [-0.3, -0.25) is 4.79 Å². The SMILES string of the molecule is COCc1ccc(C(=O)N2CCOC(CCc3ccncn3)C2)cc1. The first-order valence-corrected chi connectivity index (χ1v) is 8.50. The number of methoxy groups -OCH3 is 1. The summed E-state index contributed by atoms with van der Waals surface area (Å²) in [4.78, 5) is 22.7. The van der Waals surface area contributed by atoms with Gasteiger partial charge in [0.25, 0.3) is 5.91 Å². The number of hydrogen-bond donors (Lipinski definition) is 0. The van der Waals surface area contributed by atoms with Gasteiger partial charge in [-0.15, -0.1) is 0 Å². The molecule has 1 atom stereocenters. The summed E-state index contributed by atoms with van der Waals surface area (Å²) in [6.45, 7) is 2.37. The fourth-order valence-electron chi connectivity index (χ4n) is 2.95. The van der Waals surface area contributed by atoms with Crippen molar-refractivity contribution in [1.82, 2.24) is 14.9 Å². The lowest BCUT2D eigenvalue weighted by atomic mass is 10.1. The van der Waals surface area contributed by atoms with Crippen molar-refractivity contribution < 1.29 is 14.3 Å². The van der Waals surface area contributed by atoms with Crippen LogP contribution in [-0.4, -0.2) is 53.7 Å². The van der Waals surface area contributed by atoms with E-state index in [1.807, 2.05) is 35.2 Å². The van der Waals surface area contributed by atoms with Crippen molar-refractivity contribution in [3.63, 3.8) is 0 Å². The van der Waals surface area contributed by atoms with Gasteiger partial charge in [-0.25, -0.2) is 9.97 Å². The van der Waals surface area contributed by atoms with Gasteiger partial charge in [0.2, 0.25) is 0 Å². The summed E-state index contributed by atoms with van der Waals surface area (Å²) >= 11 is 0. The predicted octanol–water partition coefficient (Wildman–Crippen LogP) is 2.10. The molecular weight excluding hydrogens is 318 g/mol. The Hall–Kier alpha value is -2.31. The number of amides is 1.